The van der Waals surface area contributed by atoms with E-state index in [1.807, 2.05) is 22.7 Å². The first-order chi connectivity index (χ1) is 20.6. The average molecular weight is 571 g/mol. The molecule has 0 spiro atoms. The summed E-state index contributed by atoms with van der Waals surface area (Å²) in [5, 5.41) is 13.1. The van der Waals surface area contributed by atoms with Crippen LogP contribution < -0.4 is 0 Å². The number of fused-ring (bicyclic) bond motifs is 8. The lowest BCUT2D eigenvalue weighted by Crippen LogP contribution is -1.79. The zero-order chi connectivity index (χ0) is 27.9. The maximum absolute atomic E-state index is 2.40. The fourth-order valence-electron chi connectivity index (χ4n) is 6.51. The maximum atomic E-state index is 2.40. The first-order valence-corrected chi connectivity index (χ1v) is 16.0. The molecule has 9 rings (SSSR count). The van der Waals surface area contributed by atoms with E-state index in [0.29, 0.717) is 0 Å². The second-order valence-electron chi connectivity index (χ2n) is 11.6. The van der Waals surface area contributed by atoms with Crippen molar-refractivity contribution in [1.29, 1.82) is 0 Å². The van der Waals surface area contributed by atoms with Crippen LogP contribution in [0.25, 0.3) is 84.1 Å². The summed E-state index contributed by atoms with van der Waals surface area (Å²) in [6, 6.07) is 45.9. The Morgan fingerprint density at radius 1 is 0.333 bits per heavy atom. The molecule has 0 nitrogen and oxygen atoms in total. The first-order valence-electron chi connectivity index (χ1n) is 14.4. The van der Waals surface area contributed by atoms with Crippen LogP contribution in [-0.2, 0) is 0 Å². The number of rotatable bonds is 2. The minimum absolute atomic E-state index is 1.29. The number of hydrogen-bond acceptors (Lipinski definition) is 2. The van der Waals surface area contributed by atoms with Gasteiger partial charge in [-0.3, -0.25) is 0 Å². The molecule has 0 bridgehead atoms. The molecule has 0 unspecified atom stereocenters. The van der Waals surface area contributed by atoms with Crippen molar-refractivity contribution in [3.8, 4) is 20.9 Å². The van der Waals surface area contributed by atoms with E-state index in [4.69, 9.17) is 0 Å². The highest BCUT2D eigenvalue weighted by Gasteiger charge is 2.13. The molecule has 42 heavy (non-hydrogen) atoms. The van der Waals surface area contributed by atoms with Gasteiger partial charge in [-0.25, -0.2) is 0 Å². The number of benzene rings is 7. The van der Waals surface area contributed by atoms with E-state index < -0.39 is 0 Å². The van der Waals surface area contributed by atoms with Crippen LogP contribution in [0.4, 0.5) is 0 Å². The van der Waals surface area contributed by atoms with E-state index >= 15 is 0 Å². The maximum Gasteiger partial charge on any atom is 0.0355 e. The van der Waals surface area contributed by atoms with E-state index in [2.05, 4.69) is 135 Å². The third kappa shape index (κ3) is 3.80. The molecule has 0 saturated carbocycles. The Balaban J connectivity index is 1.17. The van der Waals surface area contributed by atoms with Crippen molar-refractivity contribution in [3.63, 3.8) is 0 Å². The van der Waals surface area contributed by atoms with Crippen LogP contribution in [-0.4, -0.2) is 0 Å². The van der Waals surface area contributed by atoms with E-state index in [9.17, 15) is 0 Å². The Bertz CT molecular complexity index is 2360. The molecule has 0 fully saturated rings. The average Bonchev–Trinajstić information content (AvgIpc) is 3.65. The smallest absolute Gasteiger partial charge is 0.0355 e. The summed E-state index contributed by atoms with van der Waals surface area (Å²) in [4.78, 5) is 2.65. The van der Waals surface area contributed by atoms with Gasteiger partial charge in [-0.15, -0.1) is 22.7 Å². The van der Waals surface area contributed by atoms with Gasteiger partial charge in [0.25, 0.3) is 0 Å². The van der Waals surface area contributed by atoms with Crippen LogP contribution in [0.5, 0.6) is 0 Å². The van der Waals surface area contributed by atoms with Crippen molar-refractivity contribution in [2.75, 3.05) is 0 Å². The molecule has 2 aromatic heterocycles. The Morgan fingerprint density at radius 3 is 1.21 bits per heavy atom. The van der Waals surface area contributed by atoms with Gasteiger partial charge < -0.3 is 0 Å². The third-order valence-corrected chi connectivity index (χ3v) is 11.0. The summed E-state index contributed by atoms with van der Waals surface area (Å²) in [7, 11) is 0. The molecule has 2 heteroatoms. The van der Waals surface area contributed by atoms with Crippen molar-refractivity contribution in [2.45, 2.75) is 13.8 Å². The van der Waals surface area contributed by atoms with Crippen molar-refractivity contribution in [3.05, 3.63) is 132 Å². The van der Waals surface area contributed by atoms with Crippen LogP contribution in [0.15, 0.2) is 121 Å². The fraction of sp³-hybridized carbons (Fsp3) is 0.0500. The highest BCUT2D eigenvalue weighted by atomic mass is 32.1. The van der Waals surface area contributed by atoms with Crippen LogP contribution in [0, 0.1) is 13.8 Å². The quantitative estimate of drug-likeness (QED) is 0.181. The molecule has 198 valence electrons. The Kier molecular flexibility index (Phi) is 5.17. The summed E-state index contributed by atoms with van der Waals surface area (Å²) in [6.45, 7) is 4.31. The van der Waals surface area contributed by atoms with Crippen molar-refractivity contribution in [2.24, 2.45) is 0 Å². The van der Waals surface area contributed by atoms with Gasteiger partial charge in [-0.2, -0.15) is 0 Å². The number of aryl methyl sites for hydroxylation is 2. The molecule has 0 saturated heterocycles. The van der Waals surface area contributed by atoms with Gasteiger partial charge in [0.05, 0.1) is 0 Å². The van der Waals surface area contributed by atoms with Crippen molar-refractivity contribution < 1.29 is 0 Å². The summed E-state index contributed by atoms with van der Waals surface area (Å²) < 4.78 is 2.68. The van der Waals surface area contributed by atoms with Crippen molar-refractivity contribution in [1.82, 2.24) is 0 Å². The molecule has 0 aliphatic carbocycles. The SMILES string of the molecule is Cc1ccc2cc(-c3cc4c(ccc5cc6c(ccc7sc(-c8ccc9cc(C)ccc9c8)cc76)cc54)s3)ccc2c1. The van der Waals surface area contributed by atoms with Gasteiger partial charge in [0.15, 0.2) is 0 Å². The summed E-state index contributed by atoms with van der Waals surface area (Å²) in [5.74, 6) is 0. The Hall–Kier alpha value is -4.50. The van der Waals surface area contributed by atoms with Crippen LogP contribution in [0.1, 0.15) is 11.1 Å². The second-order valence-corrected chi connectivity index (χ2v) is 13.8. The zero-order valence-electron chi connectivity index (χ0n) is 23.4. The Labute approximate surface area is 252 Å². The highest BCUT2D eigenvalue weighted by Crippen LogP contribution is 2.42. The predicted molar refractivity (Wildman–Crippen MR) is 188 cm³/mol. The predicted octanol–water partition coefficient (Wildman–Crippen LogP) is 12.7. The molecule has 0 radical (unpaired) electrons. The van der Waals surface area contributed by atoms with E-state index in [1.165, 1.54) is 95.3 Å². The third-order valence-electron chi connectivity index (χ3n) is 8.71. The van der Waals surface area contributed by atoms with Gasteiger partial charge in [-0.05, 0) is 117 Å². The zero-order valence-corrected chi connectivity index (χ0v) is 25.0. The minimum atomic E-state index is 1.29. The van der Waals surface area contributed by atoms with Crippen LogP contribution in [0.2, 0.25) is 0 Å². The molecule has 2 heterocycles. The van der Waals surface area contributed by atoms with E-state index in [1.54, 1.807) is 0 Å². The monoisotopic (exact) mass is 570 g/mol. The summed E-state index contributed by atoms with van der Waals surface area (Å²) in [5.41, 5.74) is 5.18. The van der Waals surface area contributed by atoms with Gasteiger partial charge in [0, 0.05) is 29.9 Å². The van der Waals surface area contributed by atoms with Gasteiger partial charge in [0.2, 0.25) is 0 Å². The van der Waals surface area contributed by atoms with E-state index in [-0.39, 0.29) is 0 Å². The minimum Gasteiger partial charge on any atom is -0.135 e. The van der Waals surface area contributed by atoms with Crippen LogP contribution in [0.3, 0.4) is 0 Å². The number of hydrogen-bond donors (Lipinski definition) is 0. The molecular weight excluding hydrogens is 545 g/mol. The molecule has 0 amide bonds. The largest absolute Gasteiger partial charge is 0.135 e. The molecule has 0 atom stereocenters. The highest BCUT2D eigenvalue weighted by molar-refractivity contribution is 7.22. The molecule has 0 aliphatic rings. The summed E-state index contributed by atoms with van der Waals surface area (Å²) >= 11 is 3.78. The van der Waals surface area contributed by atoms with E-state index in [0.717, 1.165) is 0 Å². The topological polar surface area (TPSA) is 0 Å². The van der Waals surface area contributed by atoms with Crippen molar-refractivity contribution >= 4 is 85.9 Å². The second kappa shape index (κ2) is 9.00. The first kappa shape index (κ1) is 24.1. The lowest BCUT2D eigenvalue weighted by atomic mass is 9.98. The molecular formula is C40H26S2. The fourth-order valence-corrected chi connectivity index (χ4v) is 8.65. The lowest BCUT2D eigenvalue weighted by molar-refractivity contribution is 1.51. The van der Waals surface area contributed by atoms with Gasteiger partial charge >= 0.3 is 0 Å². The standard InChI is InChI=1S/C40H26S2/c1-23-3-5-27-17-31(9-7-25(27)15-23)39-21-35-33-19-30-12-14-38-36(34(30)20-29(33)11-13-37(35)41-39)22-40(42-38)32-10-8-26-16-24(2)4-6-28(26)18-32/h3-22H,1-2H3. The lowest BCUT2D eigenvalue weighted by Gasteiger charge is -2.05. The summed E-state index contributed by atoms with van der Waals surface area (Å²) in [6.07, 6.45) is 0. The van der Waals surface area contributed by atoms with Gasteiger partial charge in [-0.1, -0.05) is 83.9 Å². The molecule has 9 aromatic rings. The molecule has 0 N–H and O–H groups in total. The van der Waals surface area contributed by atoms with Gasteiger partial charge in [0.1, 0.15) is 0 Å². The Morgan fingerprint density at radius 2 is 0.738 bits per heavy atom. The normalized spacial score (nSPS) is 12.0. The molecule has 0 aliphatic heterocycles. The number of thiophene rings is 2. The molecule has 7 aromatic carbocycles. The van der Waals surface area contributed by atoms with Crippen LogP contribution >= 0.6 is 22.7 Å².